The second-order valence-corrected chi connectivity index (χ2v) is 4.92. The highest BCUT2D eigenvalue weighted by Crippen LogP contribution is 2.32. The van der Waals surface area contributed by atoms with Gasteiger partial charge in [0.25, 0.3) is 5.91 Å². The summed E-state index contributed by atoms with van der Waals surface area (Å²) in [6.45, 7) is 7.39. The maximum atomic E-state index is 11.8. The summed E-state index contributed by atoms with van der Waals surface area (Å²) in [5.74, 6) is -0.981. The summed E-state index contributed by atoms with van der Waals surface area (Å²) in [5.41, 5.74) is -1.87. The van der Waals surface area contributed by atoms with E-state index >= 15 is 0 Å². The fourth-order valence-electron chi connectivity index (χ4n) is 1.61. The van der Waals surface area contributed by atoms with Crippen LogP contribution in [0.15, 0.2) is 0 Å². The van der Waals surface area contributed by atoms with E-state index in [0.29, 0.717) is 6.54 Å². The van der Waals surface area contributed by atoms with Crippen molar-refractivity contribution in [2.45, 2.75) is 38.8 Å². The quantitative estimate of drug-likeness (QED) is 0.614. The minimum absolute atomic E-state index is 0.311. The Balaban J connectivity index is 3.01. The van der Waals surface area contributed by atoms with Crippen molar-refractivity contribution in [2.75, 3.05) is 6.54 Å². The number of likely N-dealkylation sites (tertiary alicyclic amines) is 1. The Morgan fingerprint density at radius 1 is 1.64 bits per heavy atom. The van der Waals surface area contributed by atoms with Crippen LogP contribution in [0.2, 0.25) is 0 Å². The number of rotatable bonds is 0. The average molecular weight is 196 g/mol. The number of nitrogens with zero attached hydrogens (tertiary/aromatic N) is 2. The van der Waals surface area contributed by atoms with Crippen molar-refractivity contribution < 1.29 is 9.90 Å². The number of amides is 1. The van der Waals surface area contributed by atoms with Gasteiger partial charge in [-0.05, 0) is 27.7 Å². The van der Waals surface area contributed by atoms with Crippen molar-refractivity contribution in [1.82, 2.24) is 4.90 Å². The lowest BCUT2D eigenvalue weighted by molar-refractivity contribution is -0.146. The van der Waals surface area contributed by atoms with Crippen LogP contribution in [-0.4, -0.2) is 33.6 Å². The maximum absolute atomic E-state index is 11.8. The zero-order valence-corrected chi connectivity index (χ0v) is 9.03. The standard InChI is InChI=1S/C10H16N2O2/c1-9(2,3)12-6-7(5-11)10(4,14)8(12)13/h7,14H,6H2,1-4H3. The van der Waals surface area contributed by atoms with Gasteiger partial charge in [-0.25, -0.2) is 0 Å². The number of hydrogen-bond donors (Lipinski definition) is 1. The second kappa shape index (κ2) is 2.96. The van der Waals surface area contributed by atoms with E-state index in [1.807, 2.05) is 26.8 Å². The van der Waals surface area contributed by atoms with Gasteiger partial charge < -0.3 is 10.0 Å². The molecule has 1 aliphatic heterocycles. The molecule has 0 aromatic heterocycles. The van der Waals surface area contributed by atoms with Crippen molar-refractivity contribution >= 4 is 5.91 Å². The molecule has 0 radical (unpaired) electrons. The Morgan fingerprint density at radius 3 is 2.36 bits per heavy atom. The highest BCUT2D eigenvalue weighted by Gasteiger charge is 2.52. The third-order valence-corrected chi connectivity index (χ3v) is 2.69. The van der Waals surface area contributed by atoms with E-state index in [-0.39, 0.29) is 11.4 Å². The van der Waals surface area contributed by atoms with Gasteiger partial charge in [-0.1, -0.05) is 0 Å². The fraction of sp³-hybridized carbons (Fsp3) is 0.800. The predicted octanol–water partition coefficient (Wildman–Crippen LogP) is 0.518. The molecule has 0 spiro atoms. The smallest absolute Gasteiger partial charge is 0.256 e. The van der Waals surface area contributed by atoms with Crippen LogP contribution in [0.5, 0.6) is 0 Å². The van der Waals surface area contributed by atoms with Gasteiger partial charge in [-0.2, -0.15) is 5.26 Å². The first-order valence-corrected chi connectivity index (χ1v) is 4.65. The summed E-state index contributed by atoms with van der Waals surface area (Å²) < 4.78 is 0. The van der Waals surface area contributed by atoms with Gasteiger partial charge in [0.15, 0.2) is 5.60 Å². The van der Waals surface area contributed by atoms with Crippen LogP contribution in [0, 0.1) is 17.2 Å². The molecule has 1 aliphatic rings. The van der Waals surface area contributed by atoms with Gasteiger partial charge in [-0.3, -0.25) is 4.79 Å². The van der Waals surface area contributed by atoms with Gasteiger partial charge in [0, 0.05) is 12.1 Å². The van der Waals surface area contributed by atoms with Gasteiger partial charge >= 0.3 is 0 Å². The van der Waals surface area contributed by atoms with Gasteiger partial charge in [0.1, 0.15) is 5.92 Å². The first kappa shape index (κ1) is 11.0. The molecule has 1 heterocycles. The largest absolute Gasteiger partial charge is 0.379 e. The van der Waals surface area contributed by atoms with Crippen LogP contribution < -0.4 is 0 Å². The van der Waals surface area contributed by atoms with Crippen molar-refractivity contribution in [1.29, 1.82) is 5.26 Å². The summed E-state index contributed by atoms with van der Waals surface area (Å²) in [5, 5.41) is 18.7. The summed E-state index contributed by atoms with van der Waals surface area (Å²) >= 11 is 0. The van der Waals surface area contributed by atoms with Crippen LogP contribution >= 0.6 is 0 Å². The van der Waals surface area contributed by atoms with Gasteiger partial charge in [0.2, 0.25) is 0 Å². The van der Waals surface area contributed by atoms with Crippen molar-refractivity contribution in [2.24, 2.45) is 5.92 Å². The molecule has 1 amide bonds. The lowest BCUT2D eigenvalue weighted by Gasteiger charge is -2.32. The topological polar surface area (TPSA) is 64.3 Å². The van der Waals surface area contributed by atoms with E-state index in [4.69, 9.17) is 5.26 Å². The van der Waals surface area contributed by atoms with E-state index < -0.39 is 11.5 Å². The third kappa shape index (κ3) is 1.48. The van der Waals surface area contributed by atoms with Crippen LogP contribution in [-0.2, 0) is 4.79 Å². The molecule has 78 valence electrons. The highest BCUT2D eigenvalue weighted by molar-refractivity contribution is 5.88. The molecular formula is C10H16N2O2. The average Bonchev–Trinajstić information content (AvgIpc) is 2.23. The number of aliphatic hydroxyl groups is 1. The molecule has 0 aromatic rings. The molecule has 0 aliphatic carbocycles. The molecule has 14 heavy (non-hydrogen) atoms. The molecule has 4 heteroatoms. The Bertz CT molecular complexity index is 296. The molecule has 2 atom stereocenters. The molecule has 1 rings (SSSR count). The van der Waals surface area contributed by atoms with Crippen LogP contribution in [0.4, 0.5) is 0 Å². The monoisotopic (exact) mass is 196 g/mol. The molecule has 1 fully saturated rings. The minimum Gasteiger partial charge on any atom is -0.379 e. The first-order chi connectivity index (χ1) is 6.21. The van der Waals surface area contributed by atoms with Crippen molar-refractivity contribution in [3.05, 3.63) is 0 Å². The lowest BCUT2D eigenvalue weighted by Crippen LogP contribution is -2.47. The van der Waals surface area contributed by atoms with E-state index in [1.54, 1.807) is 4.90 Å². The Morgan fingerprint density at radius 2 is 2.14 bits per heavy atom. The predicted molar refractivity (Wildman–Crippen MR) is 51.2 cm³/mol. The summed E-state index contributed by atoms with van der Waals surface area (Å²) in [7, 11) is 0. The number of nitriles is 1. The van der Waals surface area contributed by atoms with Crippen molar-refractivity contribution in [3.8, 4) is 6.07 Å². The Kier molecular flexibility index (Phi) is 2.32. The molecular weight excluding hydrogens is 180 g/mol. The van der Waals surface area contributed by atoms with E-state index in [9.17, 15) is 9.90 Å². The number of carbonyl (C=O) groups is 1. The molecule has 0 bridgehead atoms. The lowest BCUT2D eigenvalue weighted by atomic mass is 9.94. The second-order valence-electron chi connectivity index (χ2n) is 4.92. The maximum Gasteiger partial charge on any atom is 0.256 e. The Labute approximate surface area is 84.1 Å². The number of hydrogen-bond acceptors (Lipinski definition) is 3. The molecule has 4 nitrogen and oxygen atoms in total. The summed E-state index contributed by atoms with van der Waals surface area (Å²) in [6.07, 6.45) is 0. The number of carbonyl (C=O) groups excluding carboxylic acids is 1. The SMILES string of the molecule is CC1(O)C(=O)N(C(C)(C)C)CC1C#N. The van der Waals surface area contributed by atoms with E-state index in [1.165, 1.54) is 6.92 Å². The summed E-state index contributed by atoms with van der Waals surface area (Å²) in [4.78, 5) is 13.3. The molecule has 0 saturated carbocycles. The molecule has 2 unspecified atom stereocenters. The van der Waals surface area contributed by atoms with Gasteiger partial charge in [0.05, 0.1) is 6.07 Å². The fourth-order valence-corrected chi connectivity index (χ4v) is 1.61. The first-order valence-electron chi connectivity index (χ1n) is 4.65. The minimum atomic E-state index is -1.53. The van der Waals surface area contributed by atoms with Crippen LogP contribution in [0.1, 0.15) is 27.7 Å². The Hall–Kier alpha value is -1.08. The zero-order chi connectivity index (χ0) is 11.1. The van der Waals surface area contributed by atoms with E-state index in [0.717, 1.165) is 0 Å². The van der Waals surface area contributed by atoms with E-state index in [2.05, 4.69) is 0 Å². The van der Waals surface area contributed by atoms with Gasteiger partial charge in [-0.15, -0.1) is 0 Å². The third-order valence-electron chi connectivity index (χ3n) is 2.69. The molecule has 0 aromatic carbocycles. The van der Waals surface area contributed by atoms with Crippen LogP contribution in [0.3, 0.4) is 0 Å². The summed E-state index contributed by atoms with van der Waals surface area (Å²) in [6, 6.07) is 1.97. The van der Waals surface area contributed by atoms with Crippen molar-refractivity contribution in [3.63, 3.8) is 0 Å². The highest BCUT2D eigenvalue weighted by atomic mass is 16.3. The normalized spacial score (nSPS) is 33.3. The molecule has 1 N–H and O–H groups in total. The van der Waals surface area contributed by atoms with Crippen LogP contribution in [0.25, 0.3) is 0 Å². The molecule has 1 saturated heterocycles. The zero-order valence-electron chi connectivity index (χ0n) is 9.03.